The van der Waals surface area contributed by atoms with Gasteiger partial charge in [-0.25, -0.2) is 0 Å². The van der Waals surface area contributed by atoms with Gasteiger partial charge in [0, 0.05) is 24.3 Å². The van der Waals surface area contributed by atoms with Crippen LogP contribution in [0.1, 0.15) is 43.7 Å². The maximum atomic E-state index is 14.0. The molecule has 3 rings (SSSR count). The molecule has 8 heteroatoms. The molecule has 0 saturated heterocycles. The lowest BCUT2D eigenvalue weighted by atomic mass is 9.66. The number of carbonyl (C=O) groups is 2. The summed E-state index contributed by atoms with van der Waals surface area (Å²) < 4.78 is 51.6. The van der Waals surface area contributed by atoms with E-state index < -0.39 is 41.0 Å². The third-order valence-electron chi connectivity index (χ3n) is 5.52. The predicted octanol–water partition coefficient (Wildman–Crippen LogP) is 3.79. The molecule has 0 aromatic heterocycles. The van der Waals surface area contributed by atoms with Crippen LogP contribution in [0.3, 0.4) is 0 Å². The van der Waals surface area contributed by atoms with Crippen molar-refractivity contribution in [2.45, 2.75) is 51.5 Å². The number of aliphatic hydroxyl groups is 1. The van der Waals surface area contributed by atoms with Crippen molar-refractivity contribution in [3.8, 4) is 0 Å². The first-order valence-corrected chi connectivity index (χ1v) is 9.19. The number of methoxy groups -OCH3 is 1. The van der Waals surface area contributed by atoms with E-state index in [1.54, 1.807) is 45.0 Å². The van der Waals surface area contributed by atoms with E-state index in [1.807, 2.05) is 0 Å². The van der Waals surface area contributed by atoms with Crippen LogP contribution in [0, 0.1) is 18.3 Å². The Bertz CT molecular complexity index is 869. The Labute approximate surface area is 166 Å². The monoisotopic (exact) mass is 412 g/mol. The second kappa shape index (κ2) is 6.86. The van der Waals surface area contributed by atoms with E-state index in [1.165, 1.54) is 0 Å². The largest absolute Gasteiger partial charge is 0.469 e. The highest BCUT2D eigenvalue weighted by Gasteiger charge is 2.70. The zero-order valence-corrected chi connectivity index (χ0v) is 16.6. The van der Waals surface area contributed by atoms with Crippen molar-refractivity contribution in [1.29, 1.82) is 0 Å². The second-order valence-corrected chi connectivity index (χ2v) is 8.46. The van der Waals surface area contributed by atoms with Gasteiger partial charge in [0.25, 0.3) is 0 Å². The zero-order chi connectivity index (χ0) is 21.8. The van der Waals surface area contributed by atoms with Gasteiger partial charge in [0.15, 0.2) is 5.78 Å². The SMILES string of the molecule is COC(=O)[C@@H]1[C@@H](c2ccc(C)cc2)C2=C(CC(C)(C)CC2=O)O[C@@]1(O)C(F)(F)F. The Balaban J connectivity index is 2.31. The van der Waals surface area contributed by atoms with Crippen LogP contribution in [0.2, 0.25) is 0 Å². The van der Waals surface area contributed by atoms with Crippen LogP contribution < -0.4 is 0 Å². The first-order chi connectivity index (χ1) is 13.3. The highest BCUT2D eigenvalue weighted by atomic mass is 19.4. The van der Waals surface area contributed by atoms with Crippen molar-refractivity contribution in [3.63, 3.8) is 0 Å². The molecule has 0 amide bonds. The van der Waals surface area contributed by atoms with Crippen molar-refractivity contribution in [1.82, 2.24) is 0 Å². The molecule has 29 heavy (non-hydrogen) atoms. The van der Waals surface area contributed by atoms with Crippen LogP contribution in [0.25, 0.3) is 0 Å². The third-order valence-corrected chi connectivity index (χ3v) is 5.52. The summed E-state index contributed by atoms with van der Waals surface area (Å²) in [7, 11) is 0.932. The molecule has 1 N–H and O–H groups in total. The van der Waals surface area contributed by atoms with Gasteiger partial charge in [-0.15, -0.1) is 0 Å². The molecule has 1 aromatic rings. The summed E-state index contributed by atoms with van der Waals surface area (Å²) in [5.74, 6) is -9.28. The van der Waals surface area contributed by atoms with Gasteiger partial charge >= 0.3 is 17.9 Å². The smallest absolute Gasteiger partial charge is 0.456 e. The van der Waals surface area contributed by atoms with Crippen LogP contribution in [0.15, 0.2) is 35.6 Å². The quantitative estimate of drug-likeness (QED) is 0.749. The Hall–Kier alpha value is -2.35. The topological polar surface area (TPSA) is 72.8 Å². The normalized spacial score (nSPS) is 29.2. The number of aryl methyl sites for hydroxylation is 1. The van der Waals surface area contributed by atoms with E-state index in [-0.39, 0.29) is 24.2 Å². The molecule has 1 aliphatic carbocycles. The van der Waals surface area contributed by atoms with Crippen LogP contribution in [-0.2, 0) is 19.1 Å². The van der Waals surface area contributed by atoms with Gasteiger partial charge in [-0.3, -0.25) is 9.59 Å². The van der Waals surface area contributed by atoms with Crippen LogP contribution in [0.4, 0.5) is 13.2 Å². The van der Waals surface area contributed by atoms with E-state index in [0.717, 1.165) is 12.7 Å². The van der Waals surface area contributed by atoms with Crippen molar-refractivity contribution in [2.75, 3.05) is 7.11 Å². The van der Waals surface area contributed by atoms with Crippen LogP contribution >= 0.6 is 0 Å². The van der Waals surface area contributed by atoms with Gasteiger partial charge in [0.1, 0.15) is 11.7 Å². The lowest BCUT2D eigenvalue weighted by Gasteiger charge is -2.47. The molecule has 0 radical (unpaired) electrons. The number of halogens is 3. The molecular weight excluding hydrogens is 389 g/mol. The molecule has 0 fully saturated rings. The summed E-state index contributed by atoms with van der Waals surface area (Å²) in [5.41, 5.74) is 0.514. The Morgan fingerprint density at radius 2 is 1.79 bits per heavy atom. The maximum absolute atomic E-state index is 14.0. The average molecular weight is 412 g/mol. The van der Waals surface area contributed by atoms with Gasteiger partial charge in [-0.2, -0.15) is 13.2 Å². The number of carbonyl (C=O) groups excluding carboxylic acids is 2. The number of benzene rings is 1. The first kappa shape index (κ1) is 21.4. The van der Waals surface area contributed by atoms with Crippen molar-refractivity contribution < 1.29 is 37.3 Å². The van der Waals surface area contributed by atoms with E-state index >= 15 is 0 Å². The van der Waals surface area contributed by atoms with Crippen molar-refractivity contribution >= 4 is 11.8 Å². The lowest BCUT2D eigenvalue weighted by molar-refractivity contribution is -0.378. The standard InChI is InChI=1S/C21H23F3O5/c1-11-5-7-12(8-6-11)15-16-13(25)9-19(2,3)10-14(16)29-20(27,21(22,23)24)17(15)18(26)28-4/h5-8,15,17,27H,9-10H2,1-4H3/t15-,17-,20+/m0/s1. The molecule has 0 spiro atoms. The third kappa shape index (κ3) is 3.54. The summed E-state index contributed by atoms with van der Waals surface area (Å²) in [6.07, 6.45) is -5.17. The molecule has 158 valence electrons. The summed E-state index contributed by atoms with van der Waals surface area (Å²) in [4.78, 5) is 25.5. The Kier molecular flexibility index (Phi) is 5.06. The highest BCUT2D eigenvalue weighted by molar-refractivity contribution is 6.00. The molecule has 0 unspecified atom stereocenters. The van der Waals surface area contributed by atoms with Gasteiger partial charge in [-0.05, 0) is 17.9 Å². The van der Waals surface area contributed by atoms with E-state index in [2.05, 4.69) is 4.74 Å². The zero-order valence-electron chi connectivity index (χ0n) is 16.6. The van der Waals surface area contributed by atoms with Gasteiger partial charge < -0.3 is 14.6 Å². The number of allylic oxidation sites excluding steroid dienone is 2. The summed E-state index contributed by atoms with van der Waals surface area (Å²) >= 11 is 0. The number of ketones is 1. The minimum atomic E-state index is -5.29. The molecule has 2 aliphatic rings. The fourth-order valence-corrected chi connectivity index (χ4v) is 4.15. The van der Waals surface area contributed by atoms with E-state index in [0.29, 0.717) is 5.56 Å². The fourth-order valence-electron chi connectivity index (χ4n) is 4.15. The summed E-state index contributed by atoms with van der Waals surface area (Å²) in [6, 6.07) is 6.44. The van der Waals surface area contributed by atoms with Gasteiger partial charge in [0.05, 0.1) is 7.11 Å². The Morgan fingerprint density at radius 3 is 2.31 bits per heavy atom. The molecular formula is C21H23F3O5. The first-order valence-electron chi connectivity index (χ1n) is 9.19. The number of alkyl halides is 3. The number of Topliss-reactive ketones (excluding diaryl/α,β-unsaturated/α-hetero) is 1. The number of hydrogen-bond donors (Lipinski definition) is 1. The molecule has 3 atom stereocenters. The van der Waals surface area contributed by atoms with E-state index in [9.17, 15) is 27.9 Å². The summed E-state index contributed by atoms with van der Waals surface area (Å²) in [6.45, 7) is 5.27. The van der Waals surface area contributed by atoms with Crippen molar-refractivity contribution in [2.24, 2.45) is 11.3 Å². The minimum absolute atomic E-state index is 0.00231. The number of rotatable bonds is 2. The Morgan fingerprint density at radius 1 is 1.21 bits per heavy atom. The number of hydrogen-bond acceptors (Lipinski definition) is 5. The summed E-state index contributed by atoms with van der Waals surface area (Å²) in [5, 5.41) is 10.7. The molecule has 0 bridgehead atoms. The predicted molar refractivity (Wildman–Crippen MR) is 96.6 cm³/mol. The van der Waals surface area contributed by atoms with Crippen LogP contribution in [-0.4, -0.2) is 35.9 Å². The maximum Gasteiger partial charge on any atom is 0.456 e. The van der Waals surface area contributed by atoms with Gasteiger partial charge in [-0.1, -0.05) is 43.7 Å². The molecule has 1 aliphatic heterocycles. The average Bonchev–Trinajstić information content (AvgIpc) is 2.58. The van der Waals surface area contributed by atoms with Gasteiger partial charge in [0.2, 0.25) is 0 Å². The molecule has 1 heterocycles. The molecule has 5 nitrogen and oxygen atoms in total. The minimum Gasteiger partial charge on any atom is -0.469 e. The van der Waals surface area contributed by atoms with Crippen molar-refractivity contribution in [3.05, 3.63) is 46.7 Å². The number of esters is 1. The van der Waals surface area contributed by atoms with Crippen LogP contribution in [0.5, 0.6) is 0 Å². The highest BCUT2D eigenvalue weighted by Crippen LogP contribution is 2.56. The number of ether oxygens (including phenoxy) is 2. The lowest BCUT2D eigenvalue weighted by Crippen LogP contribution is -2.61. The molecule has 0 saturated carbocycles. The van der Waals surface area contributed by atoms with E-state index in [4.69, 9.17) is 4.74 Å². The fraction of sp³-hybridized carbons (Fsp3) is 0.524. The second-order valence-electron chi connectivity index (χ2n) is 8.46. The molecule has 1 aromatic carbocycles.